The van der Waals surface area contributed by atoms with Gasteiger partial charge in [0.25, 0.3) is 5.56 Å². The number of aryl methyl sites for hydroxylation is 1. The van der Waals surface area contributed by atoms with Gasteiger partial charge in [-0.3, -0.25) is 9.69 Å². The largest absolute Gasteiger partial charge is 0.468 e. The summed E-state index contributed by atoms with van der Waals surface area (Å²) < 4.78 is 7.53. The number of hydrogen-bond acceptors (Lipinski definition) is 6. The summed E-state index contributed by atoms with van der Waals surface area (Å²) in [4.78, 5) is 18.9. The van der Waals surface area contributed by atoms with Gasteiger partial charge in [0.1, 0.15) is 11.8 Å². The molecule has 5 aromatic rings. The fourth-order valence-electron chi connectivity index (χ4n) is 4.72. The van der Waals surface area contributed by atoms with Gasteiger partial charge < -0.3 is 9.40 Å². The maximum Gasteiger partial charge on any atom is 0.253 e. The minimum absolute atomic E-state index is 0.196. The van der Waals surface area contributed by atoms with Crippen molar-refractivity contribution in [2.75, 3.05) is 0 Å². The summed E-state index contributed by atoms with van der Waals surface area (Å²) in [7, 11) is 0. The molecule has 0 aliphatic carbocycles. The highest BCUT2D eigenvalue weighted by molar-refractivity contribution is 6.31. The molecule has 3 aromatic heterocycles. The standard InChI is InChI=1S/C29H31ClN6O2/c1-5-19-12-13-25-21(15-19)16-23(28(37)31-25)26(27-32-33-34-36(27)29(2,3)4)35(18-22-10-8-14-38-22)17-20-9-6-7-11-24(20)30/h6-16,26H,5,17-18H2,1-4H3,(H,31,37). The Kier molecular flexibility index (Phi) is 7.19. The molecule has 0 fully saturated rings. The van der Waals surface area contributed by atoms with Gasteiger partial charge in [0, 0.05) is 22.6 Å². The SMILES string of the molecule is CCc1ccc2[nH]c(=O)c(C(c3nnnn3C(C)(C)C)N(Cc3ccco3)Cc3ccccc3Cl)cc2c1. The molecule has 0 bridgehead atoms. The Hall–Kier alpha value is -3.75. The van der Waals surface area contributed by atoms with Crippen LogP contribution in [0, 0.1) is 0 Å². The first-order valence-corrected chi connectivity index (χ1v) is 13.1. The van der Waals surface area contributed by atoms with Gasteiger partial charge in [-0.25, -0.2) is 4.68 Å². The molecular formula is C29H31ClN6O2. The molecule has 196 valence electrons. The Bertz CT molecular complexity index is 1600. The van der Waals surface area contributed by atoms with Gasteiger partial charge in [-0.05, 0) is 90.5 Å². The van der Waals surface area contributed by atoms with E-state index in [2.05, 4.69) is 38.4 Å². The van der Waals surface area contributed by atoms with Crippen molar-refractivity contribution in [1.29, 1.82) is 0 Å². The molecule has 2 aromatic carbocycles. The molecule has 1 N–H and O–H groups in total. The summed E-state index contributed by atoms with van der Waals surface area (Å²) >= 11 is 6.61. The highest BCUT2D eigenvalue weighted by Gasteiger charge is 2.34. The normalized spacial score (nSPS) is 12.9. The van der Waals surface area contributed by atoms with Crippen LogP contribution in [0.15, 0.2) is 76.1 Å². The molecule has 0 saturated carbocycles. The third kappa shape index (κ3) is 5.28. The van der Waals surface area contributed by atoms with Gasteiger partial charge in [-0.2, -0.15) is 0 Å². The van der Waals surface area contributed by atoms with Crippen LogP contribution in [-0.4, -0.2) is 30.1 Å². The Morgan fingerprint density at radius 3 is 2.61 bits per heavy atom. The highest BCUT2D eigenvalue weighted by atomic mass is 35.5. The summed E-state index contributed by atoms with van der Waals surface area (Å²) in [5.41, 5.74) is 2.83. The lowest BCUT2D eigenvalue weighted by Crippen LogP contribution is -2.37. The van der Waals surface area contributed by atoms with Gasteiger partial charge in [-0.1, -0.05) is 42.8 Å². The van der Waals surface area contributed by atoms with Crippen LogP contribution in [0.3, 0.4) is 0 Å². The fraction of sp³-hybridized carbons (Fsp3) is 0.310. The van der Waals surface area contributed by atoms with Crippen molar-refractivity contribution in [2.45, 2.75) is 58.8 Å². The summed E-state index contributed by atoms with van der Waals surface area (Å²) in [6.45, 7) is 9.07. The molecule has 1 unspecified atom stereocenters. The maximum atomic E-state index is 13.7. The Labute approximate surface area is 226 Å². The minimum atomic E-state index is -0.593. The molecule has 0 amide bonds. The van der Waals surface area contributed by atoms with Crippen molar-refractivity contribution < 1.29 is 4.42 Å². The van der Waals surface area contributed by atoms with Crippen LogP contribution in [0.2, 0.25) is 5.02 Å². The number of tetrazole rings is 1. The Morgan fingerprint density at radius 2 is 1.89 bits per heavy atom. The van der Waals surface area contributed by atoms with E-state index in [1.54, 1.807) is 10.9 Å². The summed E-state index contributed by atoms with van der Waals surface area (Å²) in [5.74, 6) is 1.31. The Morgan fingerprint density at radius 1 is 1.08 bits per heavy atom. The van der Waals surface area contributed by atoms with Crippen LogP contribution < -0.4 is 5.56 Å². The molecule has 38 heavy (non-hydrogen) atoms. The first-order valence-electron chi connectivity index (χ1n) is 12.7. The number of aromatic nitrogens is 5. The van der Waals surface area contributed by atoms with Crippen molar-refractivity contribution in [3.63, 3.8) is 0 Å². The fourth-order valence-corrected chi connectivity index (χ4v) is 4.92. The molecule has 0 aliphatic rings. The third-order valence-electron chi connectivity index (χ3n) is 6.65. The number of aromatic amines is 1. The highest BCUT2D eigenvalue weighted by Crippen LogP contribution is 2.33. The van der Waals surface area contributed by atoms with E-state index < -0.39 is 11.6 Å². The van der Waals surface area contributed by atoms with Crippen LogP contribution in [0.5, 0.6) is 0 Å². The minimum Gasteiger partial charge on any atom is -0.468 e. The lowest BCUT2D eigenvalue weighted by atomic mass is 10.00. The van der Waals surface area contributed by atoms with Gasteiger partial charge in [0.2, 0.25) is 0 Å². The summed E-state index contributed by atoms with van der Waals surface area (Å²) in [6, 6.07) is 19.0. The summed E-state index contributed by atoms with van der Waals surface area (Å²) in [6.07, 6.45) is 2.54. The smallest absolute Gasteiger partial charge is 0.253 e. The zero-order valence-corrected chi connectivity index (χ0v) is 22.7. The molecule has 8 nitrogen and oxygen atoms in total. The van der Waals surface area contributed by atoms with Crippen molar-refractivity contribution >= 4 is 22.5 Å². The monoisotopic (exact) mass is 530 g/mol. The van der Waals surface area contributed by atoms with Gasteiger partial charge in [0.05, 0.1) is 18.3 Å². The first-order chi connectivity index (χ1) is 18.2. The van der Waals surface area contributed by atoms with Gasteiger partial charge in [-0.15, -0.1) is 5.10 Å². The topological polar surface area (TPSA) is 92.8 Å². The maximum absolute atomic E-state index is 13.7. The number of H-pyrrole nitrogens is 1. The van der Waals surface area contributed by atoms with Crippen molar-refractivity contribution in [1.82, 2.24) is 30.1 Å². The predicted octanol–water partition coefficient (Wildman–Crippen LogP) is 5.87. The Balaban J connectivity index is 1.74. The van der Waals surface area contributed by atoms with Crippen LogP contribution in [0.25, 0.3) is 10.9 Å². The third-order valence-corrected chi connectivity index (χ3v) is 7.02. The van der Waals surface area contributed by atoms with E-state index in [0.717, 1.165) is 28.6 Å². The van der Waals surface area contributed by atoms with E-state index in [1.165, 1.54) is 5.56 Å². The zero-order valence-electron chi connectivity index (χ0n) is 22.0. The second-order valence-corrected chi connectivity index (χ2v) is 10.8. The van der Waals surface area contributed by atoms with Crippen molar-refractivity contribution in [2.24, 2.45) is 0 Å². The van der Waals surface area contributed by atoms with E-state index in [4.69, 9.17) is 16.0 Å². The van der Waals surface area contributed by atoms with E-state index >= 15 is 0 Å². The molecule has 9 heteroatoms. The number of halogens is 1. The van der Waals surface area contributed by atoms with Crippen LogP contribution in [0.1, 0.15) is 62.0 Å². The number of nitrogens with zero attached hydrogens (tertiary/aromatic N) is 5. The lowest BCUT2D eigenvalue weighted by molar-refractivity contribution is 0.171. The van der Waals surface area contributed by atoms with E-state index in [-0.39, 0.29) is 5.56 Å². The number of hydrogen-bond donors (Lipinski definition) is 1. The molecular weight excluding hydrogens is 500 g/mol. The zero-order chi connectivity index (χ0) is 26.9. The van der Waals surface area contributed by atoms with Crippen LogP contribution in [0.4, 0.5) is 0 Å². The second-order valence-electron chi connectivity index (χ2n) is 10.4. The number of pyridine rings is 1. The molecule has 5 rings (SSSR count). The van der Waals surface area contributed by atoms with Crippen molar-refractivity contribution in [3.05, 3.63) is 111 Å². The average Bonchev–Trinajstić information content (AvgIpc) is 3.58. The molecule has 3 heterocycles. The molecule has 0 spiro atoms. The number of benzene rings is 2. The van der Waals surface area contributed by atoms with Gasteiger partial charge >= 0.3 is 0 Å². The quantitative estimate of drug-likeness (QED) is 0.270. The van der Waals surface area contributed by atoms with Crippen molar-refractivity contribution in [3.8, 4) is 0 Å². The molecule has 1 atom stereocenters. The number of fused-ring (bicyclic) bond motifs is 1. The van der Waals surface area contributed by atoms with Crippen LogP contribution >= 0.6 is 11.6 Å². The summed E-state index contributed by atoms with van der Waals surface area (Å²) in [5, 5.41) is 14.4. The lowest BCUT2D eigenvalue weighted by Gasteiger charge is -2.32. The number of rotatable bonds is 8. The second kappa shape index (κ2) is 10.6. The first kappa shape index (κ1) is 25.9. The number of nitrogens with one attached hydrogen (secondary N) is 1. The van der Waals surface area contributed by atoms with Gasteiger partial charge in [0.15, 0.2) is 5.82 Å². The average molecular weight is 531 g/mol. The molecule has 0 aliphatic heterocycles. The van der Waals surface area contributed by atoms with E-state index in [1.807, 2.05) is 75.4 Å². The molecule has 0 saturated heterocycles. The van der Waals surface area contributed by atoms with Crippen LogP contribution in [-0.2, 0) is 25.0 Å². The molecule has 0 radical (unpaired) electrons. The van der Waals surface area contributed by atoms with E-state index in [9.17, 15) is 4.79 Å². The number of furan rings is 1. The predicted molar refractivity (Wildman–Crippen MR) is 148 cm³/mol. The van der Waals surface area contributed by atoms with E-state index in [0.29, 0.717) is 29.5 Å².